The number of hydrogen-bond acceptors (Lipinski definition) is 4. The van der Waals surface area contributed by atoms with Gasteiger partial charge in [-0.3, -0.25) is 9.59 Å². The number of halogens is 2. The topological polar surface area (TPSA) is 70.2 Å². The van der Waals surface area contributed by atoms with Crippen LogP contribution in [0.3, 0.4) is 0 Å². The van der Waals surface area contributed by atoms with Crippen LogP contribution in [0.15, 0.2) is 18.2 Å². The molecule has 3 N–H and O–H groups in total. The highest BCUT2D eigenvalue weighted by atomic mass is 35.5. The summed E-state index contributed by atoms with van der Waals surface area (Å²) in [5, 5.41) is 9.45. The second-order valence-electron chi connectivity index (χ2n) is 5.80. The lowest BCUT2D eigenvalue weighted by molar-refractivity contribution is -0.116. The molecule has 1 fully saturated rings. The molecule has 0 saturated carbocycles. The Bertz CT molecular complexity index is 578. The first-order chi connectivity index (χ1) is 11.0. The van der Waals surface area contributed by atoms with Crippen LogP contribution in [0, 0.1) is 0 Å². The fraction of sp³-hybridized carbons (Fsp3) is 0.500. The molecular formula is C16H23Cl2N3O2S. The van der Waals surface area contributed by atoms with E-state index in [1.807, 2.05) is 25.6 Å². The van der Waals surface area contributed by atoms with Crippen molar-refractivity contribution in [3.05, 3.63) is 28.8 Å². The summed E-state index contributed by atoms with van der Waals surface area (Å²) in [6.07, 6.45) is 0.380. The van der Waals surface area contributed by atoms with Crippen molar-refractivity contribution in [3.8, 4) is 0 Å². The Labute approximate surface area is 158 Å². The molecule has 0 bridgehead atoms. The second kappa shape index (κ2) is 10.1. The van der Waals surface area contributed by atoms with Gasteiger partial charge in [-0.05, 0) is 32.0 Å². The smallest absolute Gasteiger partial charge is 0.253 e. The van der Waals surface area contributed by atoms with Crippen molar-refractivity contribution >= 4 is 53.3 Å². The first-order valence-corrected chi connectivity index (χ1v) is 9.20. The molecule has 0 aromatic heterocycles. The Hall–Kier alpha value is -0.950. The van der Waals surface area contributed by atoms with Crippen LogP contribution >= 0.6 is 35.8 Å². The molecule has 5 nitrogen and oxygen atoms in total. The number of hydrogen-bond donors (Lipinski definition) is 3. The van der Waals surface area contributed by atoms with Crippen LogP contribution in [0.25, 0.3) is 0 Å². The van der Waals surface area contributed by atoms with Crippen molar-refractivity contribution in [2.75, 3.05) is 23.4 Å². The summed E-state index contributed by atoms with van der Waals surface area (Å²) in [5.41, 5.74) is 0.867. The zero-order valence-corrected chi connectivity index (χ0v) is 16.1. The van der Waals surface area contributed by atoms with Gasteiger partial charge in [-0.15, -0.1) is 12.4 Å². The first kappa shape index (κ1) is 21.1. The lowest BCUT2D eigenvalue weighted by atomic mass is 10.1. The Morgan fingerprint density at radius 1 is 1.42 bits per heavy atom. The van der Waals surface area contributed by atoms with Gasteiger partial charge in [-0.1, -0.05) is 11.6 Å². The number of carbonyl (C=O) groups is 2. The summed E-state index contributed by atoms with van der Waals surface area (Å²) in [4.78, 5) is 24.5. The van der Waals surface area contributed by atoms with E-state index in [-0.39, 0.29) is 36.3 Å². The van der Waals surface area contributed by atoms with E-state index < -0.39 is 0 Å². The maximum absolute atomic E-state index is 12.3. The Morgan fingerprint density at radius 3 is 2.79 bits per heavy atom. The molecule has 1 aliphatic rings. The van der Waals surface area contributed by atoms with Crippen molar-refractivity contribution < 1.29 is 9.59 Å². The molecule has 2 amide bonds. The van der Waals surface area contributed by atoms with Crippen LogP contribution in [0.5, 0.6) is 0 Å². The van der Waals surface area contributed by atoms with Gasteiger partial charge in [0.05, 0.1) is 11.3 Å². The molecule has 1 unspecified atom stereocenters. The third kappa shape index (κ3) is 6.51. The summed E-state index contributed by atoms with van der Waals surface area (Å²) in [5.74, 6) is 1.65. The fourth-order valence-electron chi connectivity index (χ4n) is 2.33. The van der Waals surface area contributed by atoms with E-state index in [9.17, 15) is 9.59 Å². The second-order valence-corrected chi connectivity index (χ2v) is 7.38. The van der Waals surface area contributed by atoms with Crippen molar-refractivity contribution in [1.82, 2.24) is 10.6 Å². The van der Waals surface area contributed by atoms with Crippen LogP contribution in [-0.4, -0.2) is 41.9 Å². The van der Waals surface area contributed by atoms with Gasteiger partial charge in [-0.2, -0.15) is 11.8 Å². The van der Waals surface area contributed by atoms with Gasteiger partial charge in [0.2, 0.25) is 5.91 Å². The molecule has 1 aromatic rings. The SMILES string of the molecule is CC(C)NC(=O)c1ccc(Cl)cc1NC(=O)CC1CSCCN1.Cl. The van der Waals surface area contributed by atoms with Crippen molar-refractivity contribution in [2.24, 2.45) is 0 Å². The summed E-state index contributed by atoms with van der Waals surface area (Å²) < 4.78 is 0. The number of amides is 2. The number of rotatable bonds is 5. The van der Waals surface area contributed by atoms with Gasteiger partial charge in [-0.25, -0.2) is 0 Å². The van der Waals surface area contributed by atoms with E-state index in [1.165, 1.54) is 0 Å². The quantitative estimate of drug-likeness (QED) is 0.721. The predicted octanol–water partition coefficient (Wildman–Crippen LogP) is 2.93. The number of thioether (sulfide) groups is 1. The standard InChI is InChI=1S/C16H22ClN3O2S.ClH/c1-10(2)19-16(22)13-4-3-11(17)7-14(13)20-15(21)8-12-9-23-6-5-18-12;/h3-4,7,10,12,18H,5-6,8-9H2,1-2H3,(H,19,22)(H,20,21);1H. The average molecular weight is 392 g/mol. The molecule has 0 aliphatic carbocycles. The molecule has 134 valence electrons. The molecule has 1 heterocycles. The van der Waals surface area contributed by atoms with E-state index >= 15 is 0 Å². The normalized spacial score (nSPS) is 17.1. The number of carbonyl (C=O) groups excluding carboxylic acids is 2. The highest BCUT2D eigenvalue weighted by molar-refractivity contribution is 7.99. The Morgan fingerprint density at radius 2 is 2.17 bits per heavy atom. The van der Waals surface area contributed by atoms with Crippen molar-refractivity contribution in [1.29, 1.82) is 0 Å². The van der Waals surface area contributed by atoms with E-state index in [0.717, 1.165) is 18.1 Å². The van der Waals surface area contributed by atoms with Crippen LogP contribution in [0.2, 0.25) is 5.02 Å². The zero-order valence-electron chi connectivity index (χ0n) is 13.7. The van der Waals surface area contributed by atoms with E-state index in [4.69, 9.17) is 11.6 Å². The first-order valence-electron chi connectivity index (χ1n) is 7.67. The number of nitrogens with one attached hydrogen (secondary N) is 3. The van der Waals surface area contributed by atoms with Crippen LogP contribution in [0.1, 0.15) is 30.6 Å². The van der Waals surface area contributed by atoms with Gasteiger partial charge < -0.3 is 16.0 Å². The fourth-order valence-corrected chi connectivity index (χ4v) is 3.45. The minimum Gasteiger partial charge on any atom is -0.350 e. The van der Waals surface area contributed by atoms with Gasteiger partial charge in [0.1, 0.15) is 0 Å². The minimum atomic E-state index is -0.224. The summed E-state index contributed by atoms with van der Waals surface area (Å²) >= 11 is 7.84. The largest absolute Gasteiger partial charge is 0.350 e. The van der Waals surface area contributed by atoms with Gasteiger partial charge in [0.15, 0.2) is 0 Å². The van der Waals surface area contributed by atoms with Crippen LogP contribution in [-0.2, 0) is 4.79 Å². The maximum atomic E-state index is 12.3. The summed E-state index contributed by atoms with van der Waals surface area (Å²) in [7, 11) is 0. The predicted molar refractivity (Wildman–Crippen MR) is 104 cm³/mol. The number of benzene rings is 1. The molecule has 24 heavy (non-hydrogen) atoms. The van der Waals surface area contributed by atoms with E-state index in [2.05, 4.69) is 16.0 Å². The molecule has 1 aliphatic heterocycles. The van der Waals surface area contributed by atoms with E-state index in [0.29, 0.717) is 22.7 Å². The van der Waals surface area contributed by atoms with Crippen molar-refractivity contribution in [3.63, 3.8) is 0 Å². The average Bonchev–Trinajstić information content (AvgIpc) is 2.47. The molecule has 1 atom stereocenters. The molecule has 0 radical (unpaired) electrons. The molecular weight excluding hydrogens is 369 g/mol. The van der Waals surface area contributed by atoms with Gasteiger partial charge in [0, 0.05) is 41.6 Å². The zero-order chi connectivity index (χ0) is 16.8. The highest BCUT2D eigenvalue weighted by Crippen LogP contribution is 2.22. The lowest BCUT2D eigenvalue weighted by Crippen LogP contribution is -2.40. The van der Waals surface area contributed by atoms with E-state index in [1.54, 1.807) is 18.2 Å². The summed E-state index contributed by atoms with van der Waals surface area (Å²) in [6, 6.07) is 5.07. The monoisotopic (exact) mass is 391 g/mol. The van der Waals surface area contributed by atoms with Crippen LogP contribution < -0.4 is 16.0 Å². The third-order valence-corrected chi connectivity index (χ3v) is 4.72. The molecule has 2 rings (SSSR count). The Kier molecular flexibility index (Phi) is 8.91. The van der Waals surface area contributed by atoms with Gasteiger partial charge >= 0.3 is 0 Å². The maximum Gasteiger partial charge on any atom is 0.253 e. The van der Waals surface area contributed by atoms with Crippen molar-refractivity contribution in [2.45, 2.75) is 32.4 Å². The molecule has 1 saturated heterocycles. The highest BCUT2D eigenvalue weighted by Gasteiger charge is 2.19. The lowest BCUT2D eigenvalue weighted by Gasteiger charge is -2.22. The number of anilines is 1. The third-order valence-electron chi connectivity index (χ3n) is 3.35. The molecule has 0 spiro atoms. The molecule has 1 aromatic carbocycles. The summed E-state index contributed by atoms with van der Waals surface area (Å²) in [6.45, 7) is 4.69. The molecule has 8 heteroatoms. The Balaban J connectivity index is 0.00000288. The minimum absolute atomic E-state index is 0. The van der Waals surface area contributed by atoms with Gasteiger partial charge in [0.25, 0.3) is 5.91 Å². The van der Waals surface area contributed by atoms with Crippen LogP contribution in [0.4, 0.5) is 5.69 Å².